The minimum absolute atomic E-state index is 0. The third kappa shape index (κ3) is 8.10. The van der Waals surface area contributed by atoms with Gasteiger partial charge in [-0.05, 0) is 49.9 Å². The van der Waals surface area contributed by atoms with Gasteiger partial charge in [-0.1, -0.05) is 24.3 Å². The number of rotatable bonds is 8. The fraction of sp³-hybridized carbons (Fsp3) is 0.478. The number of piperidine rings is 1. The molecule has 1 fully saturated rings. The van der Waals surface area contributed by atoms with Crippen molar-refractivity contribution in [3.05, 3.63) is 59.9 Å². The highest BCUT2D eigenvalue weighted by Crippen LogP contribution is 2.16. The molecule has 0 spiro atoms. The van der Waals surface area contributed by atoms with Gasteiger partial charge in [-0.15, -0.1) is 24.0 Å². The maximum absolute atomic E-state index is 5.85. The van der Waals surface area contributed by atoms with Gasteiger partial charge in [0.05, 0.1) is 12.3 Å². The van der Waals surface area contributed by atoms with E-state index in [0.717, 1.165) is 62.8 Å². The van der Waals surface area contributed by atoms with Crippen LogP contribution < -0.4 is 15.4 Å². The van der Waals surface area contributed by atoms with Gasteiger partial charge in [-0.2, -0.15) is 0 Å². The number of pyridine rings is 1. The molecular formula is C23H34IN5O. The van der Waals surface area contributed by atoms with Gasteiger partial charge in [0.2, 0.25) is 0 Å². The Morgan fingerprint density at radius 2 is 1.93 bits per heavy atom. The van der Waals surface area contributed by atoms with Crippen LogP contribution in [0.4, 0.5) is 0 Å². The number of nitrogens with one attached hydrogen (secondary N) is 2. The van der Waals surface area contributed by atoms with E-state index in [2.05, 4.69) is 50.6 Å². The summed E-state index contributed by atoms with van der Waals surface area (Å²) >= 11 is 0. The first-order chi connectivity index (χ1) is 14.2. The van der Waals surface area contributed by atoms with Crippen LogP contribution in [0.5, 0.6) is 5.75 Å². The SMILES string of the molecule is CN=C(NCCCOc1ccccc1C)NC1CCN(Cc2ccccn2)CC1.I. The number of guanidine groups is 1. The molecule has 1 aromatic carbocycles. The average Bonchev–Trinajstić information content (AvgIpc) is 2.76. The molecule has 3 rings (SSSR count). The average molecular weight is 523 g/mol. The highest BCUT2D eigenvalue weighted by molar-refractivity contribution is 14.0. The Morgan fingerprint density at radius 3 is 2.63 bits per heavy atom. The number of aromatic nitrogens is 1. The molecular weight excluding hydrogens is 489 g/mol. The van der Waals surface area contributed by atoms with Crippen LogP contribution in [0.25, 0.3) is 0 Å². The molecule has 2 heterocycles. The van der Waals surface area contributed by atoms with E-state index >= 15 is 0 Å². The number of ether oxygens (including phenoxy) is 1. The number of para-hydroxylation sites is 1. The third-order valence-electron chi connectivity index (χ3n) is 5.23. The van der Waals surface area contributed by atoms with Crippen LogP contribution in [0.1, 0.15) is 30.5 Å². The van der Waals surface area contributed by atoms with Crippen molar-refractivity contribution in [1.29, 1.82) is 0 Å². The van der Waals surface area contributed by atoms with Gasteiger partial charge in [0.15, 0.2) is 5.96 Å². The van der Waals surface area contributed by atoms with Crippen LogP contribution in [0, 0.1) is 6.92 Å². The molecule has 1 saturated heterocycles. The van der Waals surface area contributed by atoms with Crippen LogP contribution in [0.15, 0.2) is 53.7 Å². The summed E-state index contributed by atoms with van der Waals surface area (Å²) in [5, 5.41) is 6.97. The predicted molar refractivity (Wildman–Crippen MR) is 134 cm³/mol. The van der Waals surface area contributed by atoms with E-state index in [1.54, 1.807) is 0 Å². The first-order valence-corrected chi connectivity index (χ1v) is 10.5. The van der Waals surface area contributed by atoms with E-state index in [4.69, 9.17) is 4.74 Å². The van der Waals surface area contributed by atoms with Crippen LogP contribution in [-0.2, 0) is 6.54 Å². The van der Waals surface area contributed by atoms with Crippen molar-refractivity contribution < 1.29 is 4.74 Å². The summed E-state index contributed by atoms with van der Waals surface area (Å²) in [5.74, 6) is 1.84. The van der Waals surface area contributed by atoms with Crippen molar-refractivity contribution in [3.63, 3.8) is 0 Å². The number of hydrogen-bond donors (Lipinski definition) is 2. The van der Waals surface area contributed by atoms with E-state index in [-0.39, 0.29) is 24.0 Å². The zero-order chi connectivity index (χ0) is 20.3. The first kappa shape index (κ1) is 24.4. The maximum atomic E-state index is 5.85. The first-order valence-electron chi connectivity index (χ1n) is 10.5. The Hall–Kier alpha value is -1.87. The number of aryl methyl sites for hydroxylation is 1. The van der Waals surface area contributed by atoms with Gasteiger partial charge in [0.1, 0.15) is 5.75 Å². The molecule has 1 aliphatic rings. The van der Waals surface area contributed by atoms with E-state index in [9.17, 15) is 0 Å². The Kier molecular flexibility index (Phi) is 10.9. The number of halogens is 1. The normalized spacial score (nSPS) is 15.3. The molecule has 30 heavy (non-hydrogen) atoms. The van der Waals surface area contributed by atoms with Crippen molar-refractivity contribution in [2.24, 2.45) is 4.99 Å². The molecule has 0 saturated carbocycles. The summed E-state index contributed by atoms with van der Waals surface area (Å²) in [6, 6.07) is 14.7. The lowest BCUT2D eigenvalue weighted by molar-refractivity contribution is 0.196. The summed E-state index contributed by atoms with van der Waals surface area (Å²) in [5.41, 5.74) is 2.32. The smallest absolute Gasteiger partial charge is 0.191 e. The highest BCUT2D eigenvalue weighted by Gasteiger charge is 2.20. The lowest BCUT2D eigenvalue weighted by Crippen LogP contribution is -2.48. The molecule has 2 N–H and O–H groups in total. The molecule has 0 atom stereocenters. The van der Waals surface area contributed by atoms with Gasteiger partial charge in [-0.3, -0.25) is 14.9 Å². The van der Waals surface area contributed by atoms with E-state index in [0.29, 0.717) is 12.6 Å². The standard InChI is InChI=1S/C23H33N5O.HI/c1-19-8-3-4-10-22(19)29-17-7-14-26-23(24-2)27-20-11-15-28(16-12-20)18-21-9-5-6-13-25-21;/h3-6,8-10,13,20H,7,11-12,14-18H2,1-2H3,(H2,24,26,27);1H. The zero-order valence-electron chi connectivity index (χ0n) is 18.0. The van der Waals surface area contributed by atoms with Gasteiger partial charge in [0.25, 0.3) is 0 Å². The second-order valence-corrected chi connectivity index (χ2v) is 7.48. The minimum atomic E-state index is 0. The van der Waals surface area contributed by atoms with Gasteiger partial charge in [-0.25, -0.2) is 0 Å². The quantitative estimate of drug-likeness (QED) is 0.240. The van der Waals surface area contributed by atoms with Gasteiger partial charge in [0, 0.05) is 45.5 Å². The monoisotopic (exact) mass is 523 g/mol. The molecule has 6 nitrogen and oxygen atoms in total. The van der Waals surface area contributed by atoms with E-state index < -0.39 is 0 Å². The van der Waals surface area contributed by atoms with Crippen molar-refractivity contribution in [2.45, 2.75) is 38.8 Å². The minimum Gasteiger partial charge on any atom is -0.493 e. The zero-order valence-corrected chi connectivity index (χ0v) is 20.3. The second-order valence-electron chi connectivity index (χ2n) is 7.48. The van der Waals surface area contributed by atoms with Crippen molar-refractivity contribution in [2.75, 3.05) is 33.3 Å². The van der Waals surface area contributed by atoms with E-state index in [1.165, 1.54) is 5.56 Å². The molecule has 2 aromatic rings. The van der Waals surface area contributed by atoms with Crippen LogP contribution in [0.2, 0.25) is 0 Å². The number of benzene rings is 1. The Bertz CT molecular complexity index is 763. The summed E-state index contributed by atoms with van der Waals surface area (Å²) in [6.45, 7) is 6.69. The summed E-state index contributed by atoms with van der Waals surface area (Å²) in [6.07, 6.45) is 5.02. The van der Waals surface area contributed by atoms with Crippen LogP contribution >= 0.6 is 24.0 Å². The Balaban J connectivity index is 0.00000320. The number of hydrogen-bond acceptors (Lipinski definition) is 4. The Morgan fingerprint density at radius 1 is 1.17 bits per heavy atom. The van der Waals surface area contributed by atoms with Crippen molar-refractivity contribution in [1.82, 2.24) is 20.5 Å². The summed E-state index contributed by atoms with van der Waals surface area (Å²) in [7, 11) is 1.83. The molecule has 164 valence electrons. The molecule has 0 aliphatic carbocycles. The van der Waals surface area contributed by atoms with Gasteiger partial charge >= 0.3 is 0 Å². The molecule has 1 aromatic heterocycles. The Labute approximate surface area is 197 Å². The summed E-state index contributed by atoms with van der Waals surface area (Å²) in [4.78, 5) is 11.3. The predicted octanol–water partition coefficient (Wildman–Crippen LogP) is 3.61. The van der Waals surface area contributed by atoms with Crippen LogP contribution in [0.3, 0.4) is 0 Å². The van der Waals surface area contributed by atoms with E-state index in [1.807, 2.05) is 37.5 Å². The number of nitrogens with zero attached hydrogens (tertiary/aromatic N) is 3. The fourth-order valence-corrected chi connectivity index (χ4v) is 3.52. The van der Waals surface area contributed by atoms with Gasteiger partial charge < -0.3 is 15.4 Å². The summed E-state index contributed by atoms with van der Waals surface area (Å²) < 4.78 is 5.85. The largest absolute Gasteiger partial charge is 0.493 e. The van der Waals surface area contributed by atoms with Crippen molar-refractivity contribution in [3.8, 4) is 5.75 Å². The van der Waals surface area contributed by atoms with Crippen molar-refractivity contribution >= 4 is 29.9 Å². The molecule has 0 unspecified atom stereocenters. The molecule has 0 radical (unpaired) electrons. The number of aliphatic imine (C=N–C) groups is 1. The lowest BCUT2D eigenvalue weighted by atomic mass is 10.0. The fourth-order valence-electron chi connectivity index (χ4n) is 3.52. The molecule has 0 amide bonds. The number of likely N-dealkylation sites (tertiary alicyclic amines) is 1. The second kappa shape index (κ2) is 13.4. The molecule has 7 heteroatoms. The maximum Gasteiger partial charge on any atom is 0.191 e. The topological polar surface area (TPSA) is 61.8 Å². The molecule has 0 bridgehead atoms. The third-order valence-corrected chi connectivity index (χ3v) is 5.23. The van der Waals surface area contributed by atoms with Crippen LogP contribution in [-0.4, -0.2) is 55.2 Å². The molecule has 1 aliphatic heterocycles. The highest BCUT2D eigenvalue weighted by atomic mass is 127. The lowest BCUT2D eigenvalue weighted by Gasteiger charge is -2.32.